The molecule has 2 aromatic heterocycles. The molecule has 3 heterocycles. The fourth-order valence-electron chi connectivity index (χ4n) is 2.58. The molecule has 0 aliphatic carbocycles. The smallest absolute Gasteiger partial charge is 0.255 e. The van der Waals surface area contributed by atoms with Crippen LogP contribution in [-0.4, -0.2) is 51.2 Å². The highest BCUT2D eigenvalue weighted by Gasteiger charge is 2.22. The minimum absolute atomic E-state index is 0.0431. The molecule has 1 aliphatic heterocycles. The predicted octanol–water partition coefficient (Wildman–Crippen LogP) is 0.916. The quantitative estimate of drug-likeness (QED) is 0.891. The number of piperazine rings is 1. The number of carbonyl (C=O) groups is 1. The van der Waals surface area contributed by atoms with Gasteiger partial charge in [0, 0.05) is 62.4 Å². The van der Waals surface area contributed by atoms with Crippen LogP contribution in [0.2, 0.25) is 0 Å². The molecule has 0 bridgehead atoms. The zero-order chi connectivity index (χ0) is 14.8. The highest BCUT2D eigenvalue weighted by atomic mass is 16.2. The summed E-state index contributed by atoms with van der Waals surface area (Å²) in [5, 5.41) is 7.49. The number of aromatic nitrogens is 3. The van der Waals surface area contributed by atoms with Crippen molar-refractivity contribution in [1.29, 1.82) is 0 Å². The van der Waals surface area contributed by atoms with Crippen molar-refractivity contribution in [2.45, 2.75) is 13.0 Å². The van der Waals surface area contributed by atoms with Crippen LogP contribution in [0.1, 0.15) is 17.3 Å². The zero-order valence-corrected chi connectivity index (χ0v) is 12.3. The van der Waals surface area contributed by atoms with Gasteiger partial charge in [-0.15, -0.1) is 0 Å². The second-order valence-electron chi connectivity index (χ2n) is 5.47. The molecule has 1 amide bonds. The lowest BCUT2D eigenvalue weighted by Crippen LogP contribution is -2.51. The molecule has 6 nitrogen and oxygen atoms in total. The summed E-state index contributed by atoms with van der Waals surface area (Å²) in [6.45, 7) is 4.39. The summed E-state index contributed by atoms with van der Waals surface area (Å²) in [4.78, 5) is 18.7. The summed E-state index contributed by atoms with van der Waals surface area (Å²) >= 11 is 0. The first kappa shape index (κ1) is 13.8. The van der Waals surface area contributed by atoms with E-state index in [0.29, 0.717) is 11.6 Å². The fraction of sp³-hybridized carbons (Fsp3) is 0.400. The standard InChI is InChI=1S/C15H19N5O/c1-11-9-20(4-3-17-11)15(21)13-5-12(6-16-7-13)14-8-18-19(2)10-14/h5-8,10-11,17H,3-4,9H2,1-2H3/t11-/m0/s1. The Morgan fingerprint density at radius 2 is 2.19 bits per heavy atom. The second-order valence-corrected chi connectivity index (χ2v) is 5.47. The summed E-state index contributed by atoms with van der Waals surface area (Å²) in [7, 11) is 1.87. The Hall–Kier alpha value is -2.21. The van der Waals surface area contributed by atoms with E-state index in [2.05, 4.69) is 22.3 Å². The lowest BCUT2D eigenvalue weighted by molar-refractivity contribution is 0.0708. The van der Waals surface area contributed by atoms with Gasteiger partial charge < -0.3 is 10.2 Å². The van der Waals surface area contributed by atoms with Crippen molar-refractivity contribution in [1.82, 2.24) is 25.0 Å². The van der Waals surface area contributed by atoms with E-state index in [0.717, 1.165) is 30.8 Å². The Kier molecular flexibility index (Phi) is 3.70. The van der Waals surface area contributed by atoms with Gasteiger partial charge in [0.15, 0.2) is 0 Å². The second kappa shape index (κ2) is 5.65. The van der Waals surface area contributed by atoms with E-state index in [1.54, 1.807) is 23.3 Å². The molecule has 0 saturated carbocycles. The summed E-state index contributed by atoms with van der Waals surface area (Å²) in [6.07, 6.45) is 7.08. The average Bonchev–Trinajstić information content (AvgIpc) is 2.93. The number of carbonyl (C=O) groups excluding carboxylic acids is 1. The molecule has 6 heteroatoms. The van der Waals surface area contributed by atoms with Gasteiger partial charge in [-0.2, -0.15) is 5.10 Å². The molecule has 0 unspecified atom stereocenters. The van der Waals surface area contributed by atoms with E-state index in [9.17, 15) is 4.79 Å². The van der Waals surface area contributed by atoms with E-state index < -0.39 is 0 Å². The van der Waals surface area contributed by atoms with Crippen LogP contribution in [0, 0.1) is 0 Å². The first-order chi connectivity index (χ1) is 10.1. The van der Waals surface area contributed by atoms with Crippen LogP contribution in [-0.2, 0) is 7.05 Å². The number of hydrogen-bond donors (Lipinski definition) is 1. The number of rotatable bonds is 2. The van der Waals surface area contributed by atoms with Crippen molar-refractivity contribution in [3.8, 4) is 11.1 Å². The van der Waals surface area contributed by atoms with Gasteiger partial charge in [0.05, 0.1) is 11.8 Å². The van der Waals surface area contributed by atoms with Gasteiger partial charge in [-0.3, -0.25) is 14.5 Å². The Balaban J connectivity index is 1.84. The maximum Gasteiger partial charge on any atom is 0.255 e. The number of nitrogens with zero attached hydrogens (tertiary/aromatic N) is 4. The third-order valence-electron chi connectivity index (χ3n) is 3.68. The van der Waals surface area contributed by atoms with E-state index >= 15 is 0 Å². The molecule has 1 atom stereocenters. The van der Waals surface area contributed by atoms with Crippen LogP contribution in [0.15, 0.2) is 30.9 Å². The average molecular weight is 285 g/mol. The maximum atomic E-state index is 12.6. The molecule has 1 aliphatic rings. The SMILES string of the molecule is C[C@H]1CN(C(=O)c2cncc(-c3cnn(C)c3)c2)CCN1. The zero-order valence-electron chi connectivity index (χ0n) is 12.3. The molecule has 1 N–H and O–H groups in total. The largest absolute Gasteiger partial charge is 0.336 e. The van der Waals surface area contributed by atoms with Gasteiger partial charge in [0.1, 0.15) is 0 Å². The lowest BCUT2D eigenvalue weighted by Gasteiger charge is -2.31. The number of pyridine rings is 1. The van der Waals surface area contributed by atoms with Gasteiger partial charge in [0.25, 0.3) is 5.91 Å². The molecule has 0 aromatic carbocycles. The van der Waals surface area contributed by atoms with Crippen molar-refractivity contribution >= 4 is 5.91 Å². The van der Waals surface area contributed by atoms with Crippen LogP contribution in [0.5, 0.6) is 0 Å². The third kappa shape index (κ3) is 2.95. The number of amides is 1. The first-order valence-electron chi connectivity index (χ1n) is 7.10. The molecule has 21 heavy (non-hydrogen) atoms. The van der Waals surface area contributed by atoms with Gasteiger partial charge >= 0.3 is 0 Å². The number of hydrogen-bond acceptors (Lipinski definition) is 4. The molecule has 0 radical (unpaired) electrons. The minimum atomic E-state index is 0.0431. The van der Waals surface area contributed by atoms with Crippen LogP contribution >= 0.6 is 0 Å². The topological polar surface area (TPSA) is 63.1 Å². The molecular weight excluding hydrogens is 266 g/mol. The Bertz CT molecular complexity index is 651. The van der Waals surface area contributed by atoms with Crippen molar-refractivity contribution < 1.29 is 4.79 Å². The Labute approximate surface area is 123 Å². The van der Waals surface area contributed by atoms with Crippen LogP contribution in [0.25, 0.3) is 11.1 Å². The molecular formula is C15H19N5O. The van der Waals surface area contributed by atoms with Crippen molar-refractivity contribution in [3.05, 3.63) is 36.4 Å². The summed E-state index contributed by atoms with van der Waals surface area (Å²) in [6, 6.07) is 2.22. The molecule has 110 valence electrons. The number of aryl methyl sites for hydroxylation is 1. The van der Waals surface area contributed by atoms with Crippen molar-refractivity contribution in [3.63, 3.8) is 0 Å². The summed E-state index contributed by atoms with van der Waals surface area (Å²) in [5.41, 5.74) is 2.51. The van der Waals surface area contributed by atoms with E-state index in [4.69, 9.17) is 0 Å². The molecule has 0 spiro atoms. The van der Waals surface area contributed by atoms with E-state index in [1.165, 1.54) is 0 Å². The summed E-state index contributed by atoms with van der Waals surface area (Å²) in [5.74, 6) is 0.0431. The highest BCUT2D eigenvalue weighted by molar-refractivity contribution is 5.95. The van der Waals surface area contributed by atoms with Gasteiger partial charge in [0.2, 0.25) is 0 Å². The van der Waals surface area contributed by atoms with E-state index in [1.807, 2.05) is 24.2 Å². The van der Waals surface area contributed by atoms with Gasteiger partial charge in [-0.25, -0.2) is 0 Å². The van der Waals surface area contributed by atoms with E-state index in [-0.39, 0.29) is 5.91 Å². The lowest BCUT2D eigenvalue weighted by atomic mass is 10.1. The molecule has 2 aromatic rings. The molecule has 1 fully saturated rings. The van der Waals surface area contributed by atoms with Crippen molar-refractivity contribution in [2.24, 2.45) is 7.05 Å². The minimum Gasteiger partial charge on any atom is -0.336 e. The molecule has 3 rings (SSSR count). The third-order valence-corrected chi connectivity index (χ3v) is 3.68. The summed E-state index contributed by atoms with van der Waals surface area (Å²) < 4.78 is 1.74. The van der Waals surface area contributed by atoms with Crippen molar-refractivity contribution in [2.75, 3.05) is 19.6 Å². The Morgan fingerprint density at radius 3 is 2.90 bits per heavy atom. The fourth-order valence-corrected chi connectivity index (χ4v) is 2.58. The van der Waals surface area contributed by atoms with Gasteiger partial charge in [-0.05, 0) is 13.0 Å². The van der Waals surface area contributed by atoms with Crippen LogP contribution in [0.3, 0.4) is 0 Å². The normalized spacial score (nSPS) is 18.8. The monoisotopic (exact) mass is 285 g/mol. The molecule has 1 saturated heterocycles. The highest BCUT2D eigenvalue weighted by Crippen LogP contribution is 2.19. The van der Waals surface area contributed by atoms with Crippen LogP contribution in [0.4, 0.5) is 0 Å². The number of nitrogens with one attached hydrogen (secondary N) is 1. The Morgan fingerprint density at radius 1 is 1.33 bits per heavy atom. The predicted molar refractivity (Wildman–Crippen MR) is 79.8 cm³/mol. The van der Waals surface area contributed by atoms with Gasteiger partial charge in [-0.1, -0.05) is 0 Å². The first-order valence-corrected chi connectivity index (χ1v) is 7.10. The maximum absolute atomic E-state index is 12.6. The van der Waals surface area contributed by atoms with Crippen LogP contribution < -0.4 is 5.32 Å².